The van der Waals surface area contributed by atoms with Crippen molar-refractivity contribution in [3.05, 3.63) is 95.6 Å². The zero-order valence-corrected chi connectivity index (χ0v) is 19.4. The van der Waals surface area contributed by atoms with Crippen LogP contribution in [0.25, 0.3) is 44.2 Å². The fraction of sp³-hybridized carbons (Fsp3) is 0.226. The maximum atomic E-state index is 6.16. The van der Waals surface area contributed by atoms with Gasteiger partial charge in [0.25, 0.3) is 0 Å². The van der Waals surface area contributed by atoms with Gasteiger partial charge in [-0.2, -0.15) is 0 Å². The molecule has 4 aromatic carbocycles. The molecule has 0 unspecified atom stereocenters. The fourth-order valence-electron chi connectivity index (χ4n) is 5.31. The van der Waals surface area contributed by atoms with E-state index in [0.717, 1.165) is 11.2 Å². The van der Waals surface area contributed by atoms with E-state index >= 15 is 0 Å². The minimum atomic E-state index is 0.00991. The number of fused-ring (bicyclic) bond motifs is 6. The first-order chi connectivity index (χ1) is 15.2. The number of hydrogen-bond acceptors (Lipinski definition) is 1. The van der Waals surface area contributed by atoms with Crippen molar-refractivity contribution in [3.63, 3.8) is 0 Å². The van der Waals surface area contributed by atoms with Crippen LogP contribution in [0.4, 0.5) is 0 Å². The Labute approximate surface area is 189 Å². The zero-order chi connectivity index (χ0) is 22.3. The van der Waals surface area contributed by atoms with Crippen LogP contribution in [0.3, 0.4) is 0 Å². The van der Waals surface area contributed by atoms with Crippen LogP contribution in [0.15, 0.2) is 83.3 Å². The Kier molecular flexibility index (Phi) is 3.85. The molecule has 0 fully saturated rings. The summed E-state index contributed by atoms with van der Waals surface area (Å²) >= 11 is 0. The summed E-state index contributed by atoms with van der Waals surface area (Å²) in [6, 6.07) is 29.0. The summed E-state index contributed by atoms with van der Waals surface area (Å²) in [5.41, 5.74) is 11.4. The van der Waals surface area contributed by atoms with Crippen LogP contribution in [-0.2, 0) is 10.8 Å². The molecule has 0 bridgehead atoms. The number of furan rings is 1. The Morgan fingerprint density at radius 2 is 1.25 bits per heavy atom. The highest BCUT2D eigenvalue weighted by molar-refractivity contribution is 6.06. The summed E-state index contributed by atoms with van der Waals surface area (Å²) in [5, 5.41) is 2.38. The third kappa shape index (κ3) is 2.70. The van der Waals surface area contributed by atoms with Crippen LogP contribution in [0, 0.1) is 0 Å². The second-order valence-corrected chi connectivity index (χ2v) is 10.7. The molecule has 1 heterocycles. The van der Waals surface area contributed by atoms with Gasteiger partial charge in [-0.15, -0.1) is 0 Å². The van der Waals surface area contributed by atoms with Gasteiger partial charge in [0.15, 0.2) is 0 Å². The van der Waals surface area contributed by atoms with Crippen molar-refractivity contribution in [2.45, 2.75) is 45.4 Å². The molecule has 0 radical (unpaired) electrons. The van der Waals surface area contributed by atoms with E-state index in [1.54, 1.807) is 0 Å². The van der Waals surface area contributed by atoms with Crippen molar-refractivity contribution in [1.82, 2.24) is 0 Å². The van der Waals surface area contributed by atoms with E-state index in [-0.39, 0.29) is 10.8 Å². The van der Waals surface area contributed by atoms with Gasteiger partial charge in [0, 0.05) is 16.2 Å². The van der Waals surface area contributed by atoms with Crippen LogP contribution < -0.4 is 0 Å². The highest BCUT2D eigenvalue weighted by Crippen LogP contribution is 2.49. The lowest BCUT2D eigenvalue weighted by Gasteiger charge is -2.22. The third-order valence-electron chi connectivity index (χ3n) is 7.25. The molecule has 1 nitrogen and oxygen atoms in total. The second-order valence-electron chi connectivity index (χ2n) is 10.7. The molecule has 1 heteroatoms. The molecule has 1 aromatic heterocycles. The number of rotatable bonds is 1. The maximum absolute atomic E-state index is 6.16. The van der Waals surface area contributed by atoms with Gasteiger partial charge in [-0.3, -0.25) is 0 Å². The topological polar surface area (TPSA) is 13.1 Å². The Balaban J connectivity index is 1.52. The molecular weight excluding hydrogens is 388 g/mol. The van der Waals surface area contributed by atoms with Gasteiger partial charge in [0.2, 0.25) is 0 Å². The van der Waals surface area contributed by atoms with Crippen LogP contribution in [0.2, 0.25) is 0 Å². The first-order valence-corrected chi connectivity index (χ1v) is 11.4. The van der Waals surface area contributed by atoms with Gasteiger partial charge < -0.3 is 4.42 Å². The van der Waals surface area contributed by atoms with Crippen LogP contribution in [0.1, 0.15) is 51.3 Å². The van der Waals surface area contributed by atoms with Crippen molar-refractivity contribution < 1.29 is 4.42 Å². The van der Waals surface area contributed by atoms with Crippen LogP contribution in [-0.4, -0.2) is 0 Å². The highest BCUT2D eigenvalue weighted by atomic mass is 16.3. The SMILES string of the molecule is CC(C)(C)c1ccc2oc3ccc(-c4ccc5c(c4)C(C)(C)c4ccccc4-5)cc3c2c1. The molecule has 0 N–H and O–H groups in total. The molecule has 32 heavy (non-hydrogen) atoms. The van der Waals surface area contributed by atoms with Gasteiger partial charge in [-0.25, -0.2) is 0 Å². The maximum Gasteiger partial charge on any atom is 0.135 e. The molecule has 0 atom stereocenters. The Morgan fingerprint density at radius 1 is 0.625 bits per heavy atom. The minimum Gasteiger partial charge on any atom is -0.456 e. The highest BCUT2D eigenvalue weighted by Gasteiger charge is 2.35. The molecule has 158 valence electrons. The van der Waals surface area contributed by atoms with Crippen molar-refractivity contribution in [2.24, 2.45) is 0 Å². The lowest BCUT2D eigenvalue weighted by molar-refractivity contribution is 0.590. The standard InChI is InChI=1S/C31H28O/c1-30(2,3)21-12-15-29-25(18-21)24-16-19(11-14-28(24)32-29)20-10-13-23-22-8-6-7-9-26(22)31(4,5)27(23)17-20/h6-18H,1-5H3. The molecule has 0 spiro atoms. The predicted octanol–water partition coefficient (Wildman–Crippen LogP) is 8.86. The van der Waals surface area contributed by atoms with Crippen molar-refractivity contribution >= 4 is 21.9 Å². The monoisotopic (exact) mass is 416 g/mol. The minimum absolute atomic E-state index is 0.00991. The molecule has 0 aliphatic heterocycles. The second kappa shape index (κ2) is 6.36. The van der Waals surface area contributed by atoms with E-state index in [4.69, 9.17) is 4.42 Å². The summed E-state index contributed by atoms with van der Waals surface area (Å²) in [7, 11) is 0. The fourth-order valence-corrected chi connectivity index (χ4v) is 5.31. The zero-order valence-electron chi connectivity index (χ0n) is 19.4. The van der Waals surface area contributed by atoms with E-state index in [1.165, 1.54) is 49.7 Å². The van der Waals surface area contributed by atoms with E-state index < -0.39 is 0 Å². The average molecular weight is 417 g/mol. The Morgan fingerprint density at radius 3 is 2.03 bits per heavy atom. The van der Waals surface area contributed by atoms with Gasteiger partial charge in [0.05, 0.1) is 0 Å². The van der Waals surface area contributed by atoms with Crippen molar-refractivity contribution in [3.8, 4) is 22.3 Å². The molecule has 0 amide bonds. The largest absolute Gasteiger partial charge is 0.456 e. The third-order valence-corrected chi connectivity index (χ3v) is 7.25. The van der Waals surface area contributed by atoms with Crippen LogP contribution in [0.5, 0.6) is 0 Å². The van der Waals surface area contributed by atoms with Gasteiger partial charge >= 0.3 is 0 Å². The quantitative estimate of drug-likeness (QED) is 0.266. The molecule has 6 rings (SSSR count). The van der Waals surface area contributed by atoms with E-state index in [9.17, 15) is 0 Å². The van der Waals surface area contributed by atoms with Gasteiger partial charge in [0.1, 0.15) is 11.2 Å². The first-order valence-electron chi connectivity index (χ1n) is 11.4. The van der Waals surface area contributed by atoms with Crippen molar-refractivity contribution in [2.75, 3.05) is 0 Å². The van der Waals surface area contributed by atoms with Crippen LogP contribution >= 0.6 is 0 Å². The summed E-state index contributed by atoms with van der Waals surface area (Å²) in [4.78, 5) is 0. The number of benzene rings is 4. The first kappa shape index (κ1) is 19.4. The predicted molar refractivity (Wildman–Crippen MR) is 135 cm³/mol. The van der Waals surface area contributed by atoms with E-state index in [2.05, 4.69) is 113 Å². The summed E-state index contributed by atoms with van der Waals surface area (Å²) < 4.78 is 6.16. The molecule has 5 aromatic rings. The lowest BCUT2D eigenvalue weighted by atomic mass is 9.81. The molecule has 0 saturated carbocycles. The van der Waals surface area contributed by atoms with Gasteiger partial charge in [-0.05, 0) is 74.7 Å². The normalized spacial score (nSPS) is 14.7. The molecule has 0 saturated heterocycles. The Bertz CT molecular complexity index is 1520. The average Bonchev–Trinajstić information content (AvgIpc) is 3.25. The smallest absolute Gasteiger partial charge is 0.135 e. The summed E-state index contributed by atoms with van der Waals surface area (Å²) in [5.74, 6) is 0. The van der Waals surface area contributed by atoms with Gasteiger partial charge in [-0.1, -0.05) is 83.1 Å². The molecule has 1 aliphatic rings. The van der Waals surface area contributed by atoms with E-state index in [1.807, 2.05) is 0 Å². The number of hydrogen-bond donors (Lipinski definition) is 0. The Hall–Kier alpha value is -3.32. The summed E-state index contributed by atoms with van der Waals surface area (Å²) in [6.45, 7) is 11.4. The van der Waals surface area contributed by atoms with E-state index in [0.29, 0.717) is 0 Å². The lowest BCUT2D eigenvalue weighted by Crippen LogP contribution is -2.14. The summed E-state index contributed by atoms with van der Waals surface area (Å²) in [6.07, 6.45) is 0. The van der Waals surface area contributed by atoms with Crippen molar-refractivity contribution in [1.29, 1.82) is 0 Å². The molecular formula is C31H28O. The molecule has 1 aliphatic carbocycles.